The van der Waals surface area contributed by atoms with Gasteiger partial charge in [-0.25, -0.2) is 0 Å². The number of halogens is 1. The number of para-hydroxylation sites is 1. The van der Waals surface area contributed by atoms with Crippen molar-refractivity contribution in [3.05, 3.63) is 47.0 Å². The summed E-state index contributed by atoms with van der Waals surface area (Å²) >= 11 is 5.94. The van der Waals surface area contributed by atoms with E-state index in [1.807, 2.05) is 0 Å². The van der Waals surface area contributed by atoms with Gasteiger partial charge in [-0.2, -0.15) is 0 Å². The van der Waals surface area contributed by atoms with Gasteiger partial charge in [0, 0.05) is 11.8 Å². The van der Waals surface area contributed by atoms with Crippen LogP contribution in [0.2, 0.25) is 5.02 Å². The first-order valence-electron chi connectivity index (χ1n) is 6.14. The van der Waals surface area contributed by atoms with Gasteiger partial charge in [0.05, 0.1) is 30.5 Å². The Kier molecular flexibility index (Phi) is 4.55. The predicted octanol–water partition coefficient (Wildman–Crippen LogP) is 3.19. The van der Waals surface area contributed by atoms with Crippen LogP contribution in [0.15, 0.2) is 36.4 Å². The smallest absolute Gasteiger partial charge is 0.259 e. The Bertz CT molecular complexity index is 674. The van der Waals surface area contributed by atoms with Gasteiger partial charge < -0.3 is 20.5 Å². The number of hydrogen-bond acceptors (Lipinski definition) is 4. The fourth-order valence-electron chi connectivity index (χ4n) is 1.90. The Morgan fingerprint density at radius 1 is 1.19 bits per heavy atom. The summed E-state index contributed by atoms with van der Waals surface area (Å²) < 4.78 is 10.3. The normalized spacial score (nSPS) is 10.0. The van der Waals surface area contributed by atoms with Crippen molar-refractivity contribution in [2.24, 2.45) is 0 Å². The minimum Gasteiger partial charge on any atom is -0.495 e. The summed E-state index contributed by atoms with van der Waals surface area (Å²) in [5.74, 6) is 0.494. The van der Waals surface area contributed by atoms with Crippen molar-refractivity contribution in [1.29, 1.82) is 0 Å². The molecule has 0 fully saturated rings. The number of carbonyl (C=O) groups is 1. The molecular formula is C15H15ClN2O3. The first kappa shape index (κ1) is 15.0. The van der Waals surface area contributed by atoms with E-state index in [-0.39, 0.29) is 5.91 Å². The van der Waals surface area contributed by atoms with Crippen LogP contribution >= 0.6 is 11.6 Å². The molecule has 0 aromatic heterocycles. The van der Waals surface area contributed by atoms with Gasteiger partial charge in [-0.15, -0.1) is 0 Å². The van der Waals surface area contributed by atoms with Gasteiger partial charge in [0.2, 0.25) is 0 Å². The molecule has 0 radical (unpaired) electrons. The lowest BCUT2D eigenvalue weighted by molar-refractivity contribution is 0.102. The standard InChI is InChI=1S/C15H15ClN2O3/c1-20-13-8-9(6-7-11(13)16)18-15(19)10-4-3-5-12(17)14(10)21-2/h3-8H,17H2,1-2H3,(H,18,19). The number of ether oxygens (including phenoxy) is 2. The van der Waals surface area contributed by atoms with E-state index in [0.717, 1.165) is 0 Å². The Morgan fingerprint density at radius 2 is 1.95 bits per heavy atom. The number of methoxy groups -OCH3 is 2. The number of nitrogen functional groups attached to an aromatic ring is 1. The number of amides is 1. The third-order valence-corrected chi connectivity index (χ3v) is 3.22. The number of hydrogen-bond donors (Lipinski definition) is 2. The monoisotopic (exact) mass is 306 g/mol. The zero-order valence-electron chi connectivity index (χ0n) is 11.6. The number of nitrogens with one attached hydrogen (secondary N) is 1. The van der Waals surface area contributed by atoms with Crippen LogP contribution in [-0.2, 0) is 0 Å². The Labute approximate surface area is 127 Å². The van der Waals surface area contributed by atoms with Gasteiger partial charge >= 0.3 is 0 Å². The first-order valence-corrected chi connectivity index (χ1v) is 6.52. The van der Waals surface area contributed by atoms with E-state index in [1.165, 1.54) is 14.2 Å². The van der Waals surface area contributed by atoms with Gasteiger partial charge in [-0.1, -0.05) is 17.7 Å². The first-order chi connectivity index (χ1) is 10.1. The van der Waals surface area contributed by atoms with Crippen LogP contribution in [0.25, 0.3) is 0 Å². The highest BCUT2D eigenvalue weighted by atomic mass is 35.5. The number of carbonyl (C=O) groups excluding carboxylic acids is 1. The van der Waals surface area contributed by atoms with Crippen LogP contribution in [0.4, 0.5) is 11.4 Å². The van der Waals surface area contributed by atoms with Crippen LogP contribution < -0.4 is 20.5 Å². The van der Waals surface area contributed by atoms with Gasteiger partial charge in [-0.05, 0) is 24.3 Å². The molecule has 0 heterocycles. The Balaban J connectivity index is 2.28. The molecule has 5 nitrogen and oxygen atoms in total. The summed E-state index contributed by atoms with van der Waals surface area (Å²) in [6.07, 6.45) is 0. The second kappa shape index (κ2) is 6.37. The van der Waals surface area contributed by atoms with E-state index >= 15 is 0 Å². The highest BCUT2D eigenvalue weighted by Crippen LogP contribution is 2.29. The van der Waals surface area contributed by atoms with Gasteiger partial charge in [0.25, 0.3) is 5.91 Å². The molecule has 0 aliphatic heterocycles. The molecule has 0 saturated heterocycles. The molecule has 0 saturated carbocycles. The van der Waals surface area contributed by atoms with Crippen molar-refractivity contribution in [3.63, 3.8) is 0 Å². The minimum atomic E-state index is -0.330. The van der Waals surface area contributed by atoms with E-state index in [4.69, 9.17) is 26.8 Å². The van der Waals surface area contributed by atoms with Crippen molar-refractivity contribution in [3.8, 4) is 11.5 Å². The molecule has 6 heteroatoms. The Morgan fingerprint density at radius 3 is 2.62 bits per heavy atom. The number of nitrogens with two attached hydrogens (primary N) is 1. The average Bonchev–Trinajstić information content (AvgIpc) is 2.48. The van der Waals surface area contributed by atoms with Crippen LogP contribution in [0.1, 0.15) is 10.4 Å². The molecule has 2 aromatic carbocycles. The van der Waals surface area contributed by atoms with E-state index in [1.54, 1.807) is 36.4 Å². The molecule has 0 aliphatic rings. The molecule has 1 amide bonds. The molecule has 0 aliphatic carbocycles. The van der Waals surface area contributed by atoms with Gasteiger partial charge in [0.15, 0.2) is 5.75 Å². The summed E-state index contributed by atoms with van der Waals surface area (Å²) in [5, 5.41) is 3.22. The molecule has 0 atom stereocenters. The molecule has 21 heavy (non-hydrogen) atoms. The van der Waals surface area contributed by atoms with Crippen molar-refractivity contribution in [1.82, 2.24) is 0 Å². The molecule has 2 rings (SSSR count). The average molecular weight is 307 g/mol. The van der Waals surface area contributed by atoms with Crippen molar-refractivity contribution in [2.45, 2.75) is 0 Å². The lowest BCUT2D eigenvalue weighted by Crippen LogP contribution is -2.14. The Hall–Kier alpha value is -2.40. The zero-order valence-corrected chi connectivity index (χ0v) is 12.4. The lowest BCUT2D eigenvalue weighted by atomic mass is 10.1. The maximum atomic E-state index is 12.3. The molecule has 3 N–H and O–H groups in total. The van der Waals surface area contributed by atoms with Crippen LogP contribution in [0.3, 0.4) is 0 Å². The van der Waals surface area contributed by atoms with E-state index < -0.39 is 0 Å². The lowest BCUT2D eigenvalue weighted by Gasteiger charge is -2.12. The summed E-state index contributed by atoms with van der Waals surface area (Å²) in [7, 11) is 2.97. The fraction of sp³-hybridized carbons (Fsp3) is 0.133. The van der Waals surface area contributed by atoms with E-state index in [2.05, 4.69) is 5.32 Å². The van der Waals surface area contributed by atoms with Crippen LogP contribution in [-0.4, -0.2) is 20.1 Å². The topological polar surface area (TPSA) is 73.6 Å². The zero-order chi connectivity index (χ0) is 15.4. The third kappa shape index (κ3) is 3.20. The summed E-state index contributed by atoms with van der Waals surface area (Å²) in [5.41, 5.74) is 7.10. The van der Waals surface area contributed by atoms with Crippen molar-refractivity contribution >= 4 is 28.9 Å². The van der Waals surface area contributed by atoms with Crippen molar-refractivity contribution in [2.75, 3.05) is 25.3 Å². The maximum absolute atomic E-state index is 12.3. The summed E-state index contributed by atoms with van der Waals surface area (Å²) in [4.78, 5) is 12.3. The number of rotatable bonds is 4. The fourth-order valence-corrected chi connectivity index (χ4v) is 2.09. The predicted molar refractivity (Wildman–Crippen MR) is 83.4 cm³/mol. The van der Waals surface area contributed by atoms with E-state index in [0.29, 0.717) is 33.5 Å². The van der Waals surface area contributed by atoms with Gasteiger partial charge in [-0.3, -0.25) is 4.79 Å². The van der Waals surface area contributed by atoms with E-state index in [9.17, 15) is 4.79 Å². The second-order valence-corrected chi connectivity index (χ2v) is 4.64. The highest BCUT2D eigenvalue weighted by molar-refractivity contribution is 6.32. The molecule has 2 aromatic rings. The summed E-state index contributed by atoms with van der Waals surface area (Å²) in [6.45, 7) is 0. The highest BCUT2D eigenvalue weighted by Gasteiger charge is 2.15. The molecule has 0 bridgehead atoms. The second-order valence-electron chi connectivity index (χ2n) is 4.23. The molecule has 0 unspecified atom stereocenters. The minimum absolute atomic E-state index is 0.330. The SMILES string of the molecule is COc1cc(NC(=O)c2cccc(N)c2OC)ccc1Cl. The largest absolute Gasteiger partial charge is 0.495 e. The number of anilines is 2. The molecule has 0 spiro atoms. The molecular weight excluding hydrogens is 292 g/mol. The van der Waals surface area contributed by atoms with Crippen LogP contribution in [0, 0.1) is 0 Å². The summed E-state index contributed by atoms with van der Waals surface area (Å²) in [6, 6.07) is 9.96. The number of benzene rings is 2. The maximum Gasteiger partial charge on any atom is 0.259 e. The third-order valence-electron chi connectivity index (χ3n) is 2.90. The van der Waals surface area contributed by atoms with Crippen molar-refractivity contribution < 1.29 is 14.3 Å². The van der Waals surface area contributed by atoms with Crippen LogP contribution in [0.5, 0.6) is 11.5 Å². The quantitative estimate of drug-likeness (QED) is 0.851. The van der Waals surface area contributed by atoms with Gasteiger partial charge in [0.1, 0.15) is 5.75 Å². The molecule has 110 valence electrons.